The van der Waals surface area contributed by atoms with Gasteiger partial charge in [-0.25, -0.2) is 4.39 Å². The van der Waals surface area contributed by atoms with E-state index in [1.165, 1.54) is 6.07 Å². The van der Waals surface area contributed by atoms with E-state index in [9.17, 15) is 4.39 Å². The molecule has 1 heterocycles. The van der Waals surface area contributed by atoms with Crippen LogP contribution in [0.2, 0.25) is 0 Å². The fourth-order valence-electron chi connectivity index (χ4n) is 2.02. The van der Waals surface area contributed by atoms with Gasteiger partial charge in [0.2, 0.25) is 5.76 Å². The SMILES string of the molecule is N#Cc1oc2ccccc2c1OCc1ccc(F)c(Br)c1. The summed E-state index contributed by atoms with van der Waals surface area (Å²) < 4.78 is 24.7. The van der Waals surface area contributed by atoms with Gasteiger partial charge in [-0.1, -0.05) is 18.2 Å². The lowest BCUT2D eigenvalue weighted by atomic mass is 10.2. The Morgan fingerprint density at radius 3 is 2.81 bits per heavy atom. The van der Waals surface area contributed by atoms with E-state index < -0.39 is 0 Å². The summed E-state index contributed by atoms with van der Waals surface area (Å²) in [6, 6.07) is 13.9. The molecule has 0 spiro atoms. The van der Waals surface area contributed by atoms with Gasteiger partial charge in [-0.2, -0.15) is 5.26 Å². The van der Waals surface area contributed by atoms with E-state index in [1.54, 1.807) is 18.2 Å². The third-order valence-electron chi connectivity index (χ3n) is 3.02. The van der Waals surface area contributed by atoms with Crippen LogP contribution in [0, 0.1) is 17.1 Å². The molecule has 21 heavy (non-hydrogen) atoms. The van der Waals surface area contributed by atoms with E-state index in [2.05, 4.69) is 15.9 Å². The molecular formula is C16H9BrFNO2. The van der Waals surface area contributed by atoms with Crippen LogP contribution in [0.4, 0.5) is 4.39 Å². The Hall–Kier alpha value is -2.32. The Bertz CT molecular complexity index is 851. The zero-order valence-electron chi connectivity index (χ0n) is 10.8. The van der Waals surface area contributed by atoms with Gasteiger partial charge >= 0.3 is 0 Å². The Balaban J connectivity index is 1.91. The molecule has 0 radical (unpaired) electrons. The zero-order chi connectivity index (χ0) is 14.8. The molecule has 0 aliphatic rings. The van der Waals surface area contributed by atoms with Gasteiger partial charge in [0.25, 0.3) is 0 Å². The van der Waals surface area contributed by atoms with Crippen LogP contribution in [0.25, 0.3) is 11.0 Å². The van der Waals surface area contributed by atoms with Crippen LogP contribution < -0.4 is 4.74 Å². The van der Waals surface area contributed by atoms with Gasteiger partial charge in [0.15, 0.2) is 5.75 Å². The molecule has 0 amide bonds. The first-order chi connectivity index (χ1) is 10.2. The molecule has 0 bridgehead atoms. The van der Waals surface area contributed by atoms with Crippen molar-refractivity contribution in [3.05, 3.63) is 64.1 Å². The third kappa shape index (κ3) is 2.63. The molecule has 3 nitrogen and oxygen atoms in total. The Kier molecular flexibility index (Phi) is 3.63. The van der Waals surface area contributed by atoms with Gasteiger partial charge in [0, 0.05) is 0 Å². The molecular weight excluding hydrogens is 337 g/mol. The molecule has 2 aromatic carbocycles. The van der Waals surface area contributed by atoms with Crippen molar-refractivity contribution in [2.45, 2.75) is 6.61 Å². The van der Waals surface area contributed by atoms with Gasteiger partial charge in [-0.15, -0.1) is 0 Å². The Morgan fingerprint density at radius 1 is 1.24 bits per heavy atom. The van der Waals surface area contributed by atoms with Gasteiger partial charge in [0.1, 0.15) is 24.1 Å². The summed E-state index contributed by atoms with van der Waals surface area (Å²) in [5.74, 6) is 0.219. The molecule has 0 aliphatic heterocycles. The molecule has 0 aliphatic carbocycles. The molecule has 104 valence electrons. The van der Waals surface area contributed by atoms with Crippen LogP contribution >= 0.6 is 15.9 Å². The number of hydrogen-bond acceptors (Lipinski definition) is 3. The van der Waals surface area contributed by atoms with Crippen LogP contribution in [0.15, 0.2) is 51.4 Å². The van der Waals surface area contributed by atoms with E-state index in [4.69, 9.17) is 14.4 Å². The maximum Gasteiger partial charge on any atom is 0.246 e. The minimum atomic E-state index is -0.328. The Morgan fingerprint density at radius 2 is 2.05 bits per heavy atom. The number of fused-ring (bicyclic) bond motifs is 1. The number of hydrogen-bond donors (Lipinski definition) is 0. The van der Waals surface area contributed by atoms with Crippen molar-refractivity contribution in [3.63, 3.8) is 0 Å². The monoisotopic (exact) mass is 345 g/mol. The lowest BCUT2D eigenvalue weighted by Gasteiger charge is -2.05. The van der Waals surface area contributed by atoms with Crippen LogP contribution in [-0.2, 0) is 6.61 Å². The average Bonchev–Trinajstić information content (AvgIpc) is 2.86. The summed E-state index contributed by atoms with van der Waals surface area (Å²) >= 11 is 3.13. The number of nitrogens with zero attached hydrogens (tertiary/aromatic N) is 1. The fraction of sp³-hybridized carbons (Fsp3) is 0.0625. The molecule has 1 aromatic heterocycles. The smallest absolute Gasteiger partial charge is 0.246 e. The molecule has 5 heteroatoms. The number of para-hydroxylation sites is 1. The van der Waals surface area contributed by atoms with Crippen molar-refractivity contribution in [3.8, 4) is 11.8 Å². The van der Waals surface area contributed by atoms with Crippen LogP contribution in [0.1, 0.15) is 11.3 Å². The van der Waals surface area contributed by atoms with Crippen molar-refractivity contribution < 1.29 is 13.5 Å². The highest BCUT2D eigenvalue weighted by Gasteiger charge is 2.15. The summed E-state index contributed by atoms with van der Waals surface area (Å²) in [5.41, 5.74) is 1.39. The summed E-state index contributed by atoms with van der Waals surface area (Å²) in [7, 11) is 0. The second kappa shape index (κ2) is 5.58. The second-order valence-electron chi connectivity index (χ2n) is 4.41. The summed E-state index contributed by atoms with van der Waals surface area (Å²) in [6.07, 6.45) is 0. The standard InChI is InChI=1S/C16H9BrFNO2/c17-12-7-10(5-6-13(12)18)9-20-16-11-3-1-2-4-14(11)21-15(16)8-19/h1-7H,9H2. The summed E-state index contributed by atoms with van der Waals surface area (Å²) in [6.45, 7) is 0.219. The van der Waals surface area contributed by atoms with Gasteiger partial charge in [0.05, 0.1) is 9.86 Å². The largest absolute Gasteiger partial charge is 0.483 e. The Labute approximate surface area is 128 Å². The van der Waals surface area contributed by atoms with Crippen molar-refractivity contribution in [2.75, 3.05) is 0 Å². The first-order valence-corrected chi connectivity index (χ1v) is 6.96. The zero-order valence-corrected chi connectivity index (χ0v) is 12.4. The summed E-state index contributed by atoms with van der Waals surface area (Å²) in [5, 5.41) is 9.86. The molecule has 0 saturated carbocycles. The number of ether oxygens (including phenoxy) is 1. The lowest BCUT2D eigenvalue weighted by molar-refractivity contribution is 0.303. The minimum Gasteiger partial charge on any atom is -0.483 e. The number of rotatable bonds is 3. The second-order valence-corrected chi connectivity index (χ2v) is 5.26. The number of halogens is 2. The summed E-state index contributed by atoms with van der Waals surface area (Å²) in [4.78, 5) is 0. The predicted octanol–water partition coefficient (Wildman–Crippen LogP) is 4.79. The molecule has 0 unspecified atom stereocenters. The van der Waals surface area contributed by atoms with E-state index in [0.29, 0.717) is 15.8 Å². The van der Waals surface area contributed by atoms with Gasteiger partial charge in [-0.3, -0.25) is 0 Å². The lowest BCUT2D eigenvalue weighted by Crippen LogP contribution is -1.96. The van der Waals surface area contributed by atoms with E-state index in [0.717, 1.165) is 10.9 Å². The first kappa shape index (κ1) is 13.7. The van der Waals surface area contributed by atoms with Crippen molar-refractivity contribution in [2.24, 2.45) is 0 Å². The third-order valence-corrected chi connectivity index (χ3v) is 3.63. The fourth-order valence-corrected chi connectivity index (χ4v) is 2.45. The number of furan rings is 1. The van der Waals surface area contributed by atoms with E-state index >= 15 is 0 Å². The first-order valence-electron chi connectivity index (χ1n) is 6.17. The molecule has 3 aromatic rings. The number of nitriles is 1. The highest BCUT2D eigenvalue weighted by molar-refractivity contribution is 9.10. The minimum absolute atomic E-state index is 0.136. The maximum atomic E-state index is 13.2. The molecule has 0 atom stereocenters. The van der Waals surface area contributed by atoms with Gasteiger partial charge in [-0.05, 0) is 45.8 Å². The normalized spacial score (nSPS) is 10.5. The molecule has 3 rings (SSSR count). The van der Waals surface area contributed by atoms with E-state index in [1.807, 2.05) is 24.3 Å². The highest BCUT2D eigenvalue weighted by atomic mass is 79.9. The molecule has 0 N–H and O–H groups in total. The van der Waals surface area contributed by atoms with E-state index in [-0.39, 0.29) is 18.2 Å². The molecule has 0 fully saturated rings. The van der Waals surface area contributed by atoms with Crippen LogP contribution in [0.3, 0.4) is 0 Å². The van der Waals surface area contributed by atoms with Crippen molar-refractivity contribution in [1.29, 1.82) is 5.26 Å². The highest BCUT2D eigenvalue weighted by Crippen LogP contribution is 2.33. The van der Waals surface area contributed by atoms with Crippen molar-refractivity contribution >= 4 is 26.9 Å². The topological polar surface area (TPSA) is 46.2 Å². The van der Waals surface area contributed by atoms with Crippen LogP contribution in [0.5, 0.6) is 5.75 Å². The maximum absolute atomic E-state index is 13.2. The molecule has 0 saturated heterocycles. The van der Waals surface area contributed by atoms with Gasteiger partial charge < -0.3 is 9.15 Å². The quantitative estimate of drug-likeness (QED) is 0.685. The van der Waals surface area contributed by atoms with Crippen molar-refractivity contribution in [1.82, 2.24) is 0 Å². The number of benzene rings is 2. The van der Waals surface area contributed by atoms with Crippen LogP contribution in [-0.4, -0.2) is 0 Å². The predicted molar refractivity (Wildman–Crippen MR) is 79.4 cm³/mol. The average molecular weight is 346 g/mol.